The molecule has 0 aromatic heterocycles. The second-order valence-electron chi connectivity index (χ2n) is 1.60. The SMILES string of the molecule is CC(N)CC(Cl)Cl.Cl. The molecule has 4 heteroatoms. The number of rotatable bonds is 2. The number of hydrogen-bond acceptors (Lipinski definition) is 1. The van der Waals surface area contributed by atoms with Gasteiger partial charge in [-0.25, -0.2) is 0 Å². The van der Waals surface area contributed by atoms with Gasteiger partial charge in [-0.05, 0) is 13.3 Å². The lowest BCUT2D eigenvalue weighted by atomic mass is 10.3. The van der Waals surface area contributed by atoms with Crippen molar-refractivity contribution in [3.63, 3.8) is 0 Å². The lowest BCUT2D eigenvalue weighted by molar-refractivity contribution is 0.701. The highest BCUT2D eigenvalue weighted by Gasteiger charge is 2.00. The first-order chi connectivity index (χ1) is 3.13. The van der Waals surface area contributed by atoms with Gasteiger partial charge in [0.1, 0.15) is 4.84 Å². The molecule has 0 aliphatic carbocycles. The fourth-order valence-electron chi connectivity index (χ4n) is 0.281. The Labute approximate surface area is 65.9 Å². The van der Waals surface area contributed by atoms with E-state index in [0.717, 1.165) is 0 Å². The average Bonchev–Trinajstić information content (AvgIpc) is 1.27. The van der Waals surface area contributed by atoms with Gasteiger partial charge < -0.3 is 5.73 Å². The summed E-state index contributed by atoms with van der Waals surface area (Å²) in [4.78, 5) is -0.306. The van der Waals surface area contributed by atoms with Gasteiger partial charge in [-0.2, -0.15) is 0 Å². The van der Waals surface area contributed by atoms with Gasteiger partial charge in [0, 0.05) is 6.04 Å². The van der Waals surface area contributed by atoms with E-state index in [-0.39, 0.29) is 23.3 Å². The summed E-state index contributed by atoms with van der Waals surface area (Å²) in [5.74, 6) is 0. The molecule has 0 aromatic rings. The van der Waals surface area contributed by atoms with E-state index in [4.69, 9.17) is 28.9 Å². The molecule has 0 saturated heterocycles. The van der Waals surface area contributed by atoms with Gasteiger partial charge >= 0.3 is 0 Å². The Morgan fingerprint density at radius 1 is 1.50 bits per heavy atom. The van der Waals surface area contributed by atoms with Crippen LogP contribution in [-0.4, -0.2) is 10.9 Å². The van der Waals surface area contributed by atoms with Crippen molar-refractivity contribution in [2.45, 2.75) is 24.2 Å². The largest absolute Gasteiger partial charge is 0.328 e. The van der Waals surface area contributed by atoms with E-state index in [1.165, 1.54) is 0 Å². The molecule has 0 aliphatic rings. The highest BCUT2D eigenvalue weighted by Crippen LogP contribution is 2.07. The Balaban J connectivity index is 0. The molecule has 0 heterocycles. The summed E-state index contributed by atoms with van der Waals surface area (Å²) in [6, 6.07) is 0.111. The van der Waals surface area contributed by atoms with Crippen molar-refractivity contribution in [1.82, 2.24) is 0 Å². The molecule has 0 spiro atoms. The lowest BCUT2D eigenvalue weighted by Gasteiger charge is -2.02. The highest BCUT2D eigenvalue weighted by molar-refractivity contribution is 6.44. The van der Waals surface area contributed by atoms with Crippen LogP contribution in [0.4, 0.5) is 0 Å². The molecule has 1 atom stereocenters. The summed E-state index contributed by atoms with van der Waals surface area (Å²) in [5.41, 5.74) is 5.32. The Morgan fingerprint density at radius 3 is 1.88 bits per heavy atom. The molecule has 1 unspecified atom stereocenters. The van der Waals surface area contributed by atoms with Gasteiger partial charge in [0.2, 0.25) is 0 Å². The van der Waals surface area contributed by atoms with Gasteiger partial charge in [-0.15, -0.1) is 35.6 Å². The van der Waals surface area contributed by atoms with Crippen LogP contribution in [0.15, 0.2) is 0 Å². The molecule has 1 nitrogen and oxygen atoms in total. The highest BCUT2D eigenvalue weighted by atomic mass is 35.5. The van der Waals surface area contributed by atoms with Crippen LogP contribution >= 0.6 is 35.6 Å². The van der Waals surface area contributed by atoms with E-state index < -0.39 is 0 Å². The van der Waals surface area contributed by atoms with Crippen molar-refractivity contribution in [2.75, 3.05) is 0 Å². The molecule has 0 radical (unpaired) electrons. The Bertz CT molecular complexity index is 40.5. The summed E-state index contributed by atoms with van der Waals surface area (Å²) in [5, 5.41) is 0. The summed E-state index contributed by atoms with van der Waals surface area (Å²) in [6.45, 7) is 1.87. The maximum Gasteiger partial charge on any atom is 0.109 e. The smallest absolute Gasteiger partial charge is 0.109 e. The maximum atomic E-state index is 5.36. The third kappa shape index (κ3) is 9.95. The van der Waals surface area contributed by atoms with Crippen LogP contribution in [0, 0.1) is 0 Å². The molecule has 0 amide bonds. The fourth-order valence-corrected chi connectivity index (χ4v) is 0.843. The Morgan fingerprint density at radius 2 is 1.88 bits per heavy atom. The van der Waals surface area contributed by atoms with Crippen molar-refractivity contribution < 1.29 is 0 Å². The van der Waals surface area contributed by atoms with Crippen LogP contribution in [0.2, 0.25) is 0 Å². The molecule has 0 saturated carbocycles. The van der Waals surface area contributed by atoms with E-state index in [1.54, 1.807) is 0 Å². The van der Waals surface area contributed by atoms with Crippen LogP contribution in [0.3, 0.4) is 0 Å². The van der Waals surface area contributed by atoms with E-state index in [1.807, 2.05) is 6.92 Å². The molecule has 2 N–H and O–H groups in total. The van der Waals surface area contributed by atoms with Crippen LogP contribution < -0.4 is 5.73 Å². The molecule has 0 fully saturated rings. The topological polar surface area (TPSA) is 26.0 Å². The number of alkyl halides is 2. The zero-order valence-electron chi connectivity index (χ0n) is 4.60. The summed E-state index contributed by atoms with van der Waals surface area (Å²) in [6.07, 6.45) is 0.670. The molecule has 52 valence electrons. The molecule has 0 bridgehead atoms. The molecule has 0 rings (SSSR count). The third-order valence-electron chi connectivity index (χ3n) is 0.550. The summed E-state index contributed by atoms with van der Waals surface area (Å²) < 4.78 is 0. The summed E-state index contributed by atoms with van der Waals surface area (Å²) in [7, 11) is 0. The van der Waals surface area contributed by atoms with Gasteiger partial charge in [-0.3, -0.25) is 0 Å². The van der Waals surface area contributed by atoms with Crippen LogP contribution in [-0.2, 0) is 0 Å². The fraction of sp³-hybridized carbons (Fsp3) is 1.00. The van der Waals surface area contributed by atoms with Gasteiger partial charge in [0.15, 0.2) is 0 Å². The van der Waals surface area contributed by atoms with Crippen molar-refractivity contribution in [1.29, 1.82) is 0 Å². The van der Waals surface area contributed by atoms with E-state index >= 15 is 0 Å². The first-order valence-corrected chi connectivity index (χ1v) is 3.04. The molecule has 0 aromatic carbocycles. The van der Waals surface area contributed by atoms with Crippen LogP contribution in [0.25, 0.3) is 0 Å². The van der Waals surface area contributed by atoms with E-state index in [0.29, 0.717) is 6.42 Å². The minimum Gasteiger partial charge on any atom is -0.328 e. The first-order valence-electron chi connectivity index (χ1n) is 2.16. The van der Waals surface area contributed by atoms with Crippen molar-refractivity contribution in [2.24, 2.45) is 5.73 Å². The Hall–Kier alpha value is 0.830. The monoisotopic (exact) mass is 177 g/mol. The number of hydrogen-bond donors (Lipinski definition) is 1. The molecular formula is C4H10Cl3N. The van der Waals surface area contributed by atoms with Crippen molar-refractivity contribution in [3.05, 3.63) is 0 Å². The zero-order valence-corrected chi connectivity index (χ0v) is 6.93. The lowest BCUT2D eigenvalue weighted by Crippen LogP contribution is -2.17. The number of nitrogens with two attached hydrogens (primary N) is 1. The van der Waals surface area contributed by atoms with E-state index in [9.17, 15) is 0 Å². The first kappa shape index (κ1) is 11.6. The normalized spacial score (nSPS) is 13.1. The van der Waals surface area contributed by atoms with Crippen LogP contribution in [0.1, 0.15) is 13.3 Å². The standard InChI is InChI=1S/C4H9Cl2N.ClH/c1-3(7)2-4(5)6;/h3-4H,2,7H2,1H3;1H. The maximum absolute atomic E-state index is 5.36. The summed E-state index contributed by atoms with van der Waals surface area (Å²) >= 11 is 10.7. The predicted octanol–water partition coefficient (Wildman–Crippen LogP) is 1.95. The minimum atomic E-state index is -0.306. The van der Waals surface area contributed by atoms with E-state index in [2.05, 4.69) is 0 Å². The van der Waals surface area contributed by atoms with Crippen LogP contribution in [0.5, 0.6) is 0 Å². The average molecular weight is 178 g/mol. The predicted molar refractivity (Wildman–Crippen MR) is 41.0 cm³/mol. The number of halogens is 3. The van der Waals surface area contributed by atoms with Gasteiger partial charge in [0.25, 0.3) is 0 Å². The second-order valence-corrected chi connectivity index (χ2v) is 2.88. The molecular weight excluding hydrogens is 168 g/mol. The van der Waals surface area contributed by atoms with Gasteiger partial charge in [0.05, 0.1) is 0 Å². The van der Waals surface area contributed by atoms with Crippen molar-refractivity contribution >= 4 is 35.6 Å². The minimum absolute atomic E-state index is 0. The quantitative estimate of drug-likeness (QED) is 0.643. The molecule has 0 aliphatic heterocycles. The van der Waals surface area contributed by atoms with Crippen molar-refractivity contribution in [3.8, 4) is 0 Å². The zero-order chi connectivity index (χ0) is 5.86. The second kappa shape index (κ2) is 5.96. The molecule has 8 heavy (non-hydrogen) atoms. The Kier molecular flexibility index (Phi) is 8.64. The third-order valence-corrected chi connectivity index (χ3v) is 0.906. The van der Waals surface area contributed by atoms with Gasteiger partial charge in [-0.1, -0.05) is 0 Å².